The number of hydrogen-bond donors (Lipinski definition) is 1. The number of benzene rings is 1. The number of amides is 2. The van der Waals surface area contributed by atoms with Gasteiger partial charge >= 0.3 is 0 Å². The Hall–Kier alpha value is -2.04. The maximum absolute atomic E-state index is 12.8. The molecule has 28 heavy (non-hydrogen) atoms. The second-order valence-electron chi connectivity index (χ2n) is 8.71. The average Bonchev–Trinajstić information content (AvgIpc) is 2.69. The molecule has 0 unspecified atom stereocenters. The molecule has 1 aliphatic carbocycles. The smallest absolute Gasteiger partial charge is 0.227 e. The average molecular weight is 387 g/mol. The number of nitrogens with one attached hydrogen (secondary N) is 1. The predicted octanol–water partition coefficient (Wildman–Crippen LogP) is 4.48. The number of hydrogen-bond acceptors (Lipinski definition) is 3. The zero-order valence-electron chi connectivity index (χ0n) is 17.4. The topological polar surface area (TPSA) is 58.6 Å². The lowest BCUT2D eigenvalue weighted by molar-refractivity contribution is -0.139. The van der Waals surface area contributed by atoms with Crippen LogP contribution in [0.25, 0.3) is 0 Å². The molecule has 1 heterocycles. The van der Waals surface area contributed by atoms with Gasteiger partial charge in [0, 0.05) is 24.9 Å². The molecule has 0 atom stereocenters. The van der Waals surface area contributed by atoms with Crippen LogP contribution in [-0.4, -0.2) is 35.9 Å². The van der Waals surface area contributed by atoms with Crippen LogP contribution >= 0.6 is 0 Å². The van der Waals surface area contributed by atoms with E-state index in [1.54, 1.807) is 0 Å². The van der Waals surface area contributed by atoms with E-state index in [1.807, 2.05) is 43.0 Å². The molecule has 154 valence electrons. The van der Waals surface area contributed by atoms with Gasteiger partial charge in [0.05, 0.1) is 11.8 Å². The maximum atomic E-state index is 12.8. The SMILES string of the molecule is CC1CCN(C(=O)C2CCC(C(=O)Nc3ccccc3OC(C)C)CC2)CC1. The van der Waals surface area contributed by atoms with Gasteiger partial charge in [0.25, 0.3) is 0 Å². The number of anilines is 1. The summed E-state index contributed by atoms with van der Waals surface area (Å²) in [6.07, 6.45) is 5.46. The summed E-state index contributed by atoms with van der Waals surface area (Å²) < 4.78 is 5.79. The quantitative estimate of drug-likeness (QED) is 0.812. The highest BCUT2D eigenvalue weighted by Crippen LogP contribution is 2.33. The fraction of sp³-hybridized carbons (Fsp3) is 0.652. The van der Waals surface area contributed by atoms with Gasteiger partial charge in [0.1, 0.15) is 5.75 Å². The number of likely N-dealkylation sites (tertiary alicyclic amines) is 1. The molecule has 0 radical (unpaired) electrons. The normalized spacial score (nSPS) is 23.5. The summed E-state index contributed by atoms with van der Waals surface area (Å²) in [6.45, 7) is 8.00. The summed E-state index contributed by atoms with van der Waals surface area (Å²) in [5, 5.41) is 3.04. The van der Waals surface area contributed by atoms with E-state index < -0.39 is 0 Å². The van der Waals surface area contributed by atoms with Gasteiger partial charge < -0.3 is 15.0 Å². The Morgan fingerprint density at radius 3 is 2.25 bits per heavy atom. The van der Waals surface area contributed by atoms with Crippen molar-refractivity contribution in [2.75, 3.05) is 18.4 Å². The van der Waals surface area contributed by atoms with E-state index in [0.29, 0.717) is 11.7 Å². The van der Waals surface area contributed by atoms with Gasteiger partial charge in [0.15, 0.2) is 0 Å². The number of ether oxygens (including phenoxy) is 1. The van der Waals surface area contributed by atoms with Crippen LogP contribution in [0.3, 0.4) is 0 Å². The van der Waals surface area contributed by atoms with E-state index in [9.17, 15) is 9.59 Å². The van der Waals surface area contributed by atoms with Crippen molar-refractivity contribution in [1.29, 1.82) is 0 Å². The highest BCUT2D eigenvalue weighted by Gasteiger charge is 2.33. The Kier molecular flexibility index (Phi) is 6.97. The summed E-state index contributed by atoms with van der Waals surface area (Å²) in [7, 11) is 0. The summed E-state index contributed by atoms with van der Waals surface area (Å²) in [6, 6.07) is 7.57. The summed E-state index contributed by atoms with van der Waals surface area (Å²) >= 11 is 0. The molecule has 0 aromatic heterocycles. The Balaban J connectivity index is 1.51. The number of carbonyl (C=O) groups excluding carboxylic acids is 2. The Labute approximate surface area is 168 Å². The van der Waals surface area contributed by atoms with E-state index in [0.717, 1.165) is 63.2 Å². The Morgan fingerprint density at radius 1 is 1.00 bits per heavy atom. The van der Waals surface area contributed by atoms with Crippen LogP contribution in [0.4, 0.5) is 5.69 Å². The Bertz CT molecular complexity index is 672. The lowest BCUT2D eigenvalue weighted by Gasteiger charge is -2.35. The molecule has 2 aliphatic rings. The maximum Gasteiger partial charge on any atom is 0.227 e. The number of rotatable bonds is 5. The van der Waals surface area contributed by atoms with E-state index in [4.69, 9.17) is 4.74 Å². The lowest BCUT2D eigenvalue weighted by atomic mass is 9.80. The molecule has 5 nitrogen and oxygen atoms in total. The molecular formula is C23H34N2O3. The van der Waals surface area contributed by atoms with Gasteiger partial charge in [0.2, 0.25) is 11.8 Å². The van der Waals surface area contributed by atoms with Gasteiger partial charge in [-0.2, -0.15) is 0 Å². The monoisotopic (exact) mass is 386 g/mol. The largest absolute Gasteiger partial charge is 0.489 e. The summed E-state index contributed by atoms with van der Waals surface area (Å²) in [4.78, 5) is 27.6. The van der Waals surface area contributed by atoms with Crippen molar-refractivity contribution in [3.63, 3.8) is 0 Å². The third-order valence-electron chi connectivity index (χ3n) is 6.05. The van der Waals surface area contributed by atoms with Crippen LogP contribution in [-0.2, 0) is 9.59 Å². The molecule has 1 aromatic carbocycles. The van der Waals surface area contributed by atoms with Crippen LogP contribution in [0, 0.1) is 17.8 Å². The minimum absolute atomic E-state index is 0.0301. The van der Waals surface area contributed by atoms with E-state index >= 15 is 0 Å². The zero-order valence-corrected chi connectivity index (χ0v) is 17.4. The first-order valence-corrected chi connectivity index (χ1v) is 10.8. The minimum atomic E-state index is -0.0301. The number of piperidine rings is 1. The van der Waals surface area contributed by atoms with Crippen LogP contribution < -0.4 is 10.1 Å². The Morgan fingerprint density at radius 2 is 1.61 bits per heavy atom. The minimum Gasteiger partial charge on any atom is -0.489 e. The van der Waals surface area contributed by atoms with Crippen molar-refractivity contribution in [3.8, 4) is 5.75 Å². The van der Waals surface area contributed by atoms with E-state index in [1.165, 1.54) is 0 Å². The van der Waals surface area contributed by atoms with Crippen molar-refractivity contribution in [2.24, 2.45) is 17.8 Å². The molecule has 1 aliphatic heterocycles. The molecule has 1 saturated carbocycles. The number of carbonyl (C=O) groups is 2. The molecule has 2 fully saturated rings. The van der Waals surface area contributed by atoms with Gasteiger partial charge in [-0.3, -0.25) is 9.59 Å². The fourth-order valence-corrected chi connectivity index (χ4v) is 4.25. The third kappa shape index (κ3) is 5.27. The number of para-hydroxylation sites is 2. The third-order valence-corrected chi connectivity index (χ3v) is 6.05. The second kappa shape index (κ2) is 9.44. The lowest BCUT2D eigenvalue weighted by Crippen LogP contribution is -2.42. The molecule has 1 aromatic rings. The van der Waals surface area contributed by atoms with Crippen LogP contribution in [0.5, 0.6) is 5.75 Å². The molecule has 1 N–H and O–H groups in total. The molecule has 1 saturated heterocycles. The molecule has 0 bridgehead atoms. The fourth-order valence-electron chi connectivity index (χ4n) is 4.25. The summed E-state index contributed by atoms with van der Waals surface area (Å²) in [5.74, 6) is 1.84. The predicted molar refractivity (Wildman–Crippen MR) is 111 cm³/mol. The number of nitrogens with zero attached hydrogens (tertiary/aromatic N) is 1. The van der Waals surface area contributed by atoms with Crippen molar-refractivity contribution < 1.29 is 14.3 Å². The van der Waals surface area contributed by atoms with Crippen LogP contribution in [0.15, 0.2) is 24.3 Å². The second-order valence-corrected chi connectivity index (χ2v) is 8.71. The highest BCUT2D eigenvalue weighted by atomic mass is 16.5. The van der Waals surface area contributed by atoms with Crippen LogP contribution in [0.1, 0.15) is 59.3 Å². The van der Waals surface area contributed by atoms with Gasteiger partial charge in [-0.05, 0) is 70.4 Å². The van der Waals surface area contributed by atoms with Crippen LogP contribution in [0.2, 0.25) is 0 Å². The van der Waals surface area contributed by atoms with Gasteiger partial charge in [-0.1, -0.05) is 19.1 Å². The first kappa shape index (κ1) is 20.7. The van der Waals surface area contributed by atoms with Crippen molar-refractivity contribution >= 4 is 17.5 Å². The zero-order chi connectivity index (χ0) is 20.1. The van der Waals surface area contributed by atoms with Gasteiger partial charge in [-0.15, -0.1) is 0 Å². The molecule has 3 rings (SSSR count). The van der Waals surface area contributed by atoms with E-state index in [2.05, 4.69) is 12.2 Å². The molecule has 5 heteroatoms. The standard InChI is InChI=1S/C23H34N2O3/c1-16(2)28-21-7-5-4-6-20(21)24-22(26)18-8-10-19(11-9-18)23(27)25-14-12-17(3)13-15-25/h4-7,16-19H,8-15H2,1-3H3,(H,24,26). The molecular weight excluding hydrogens is 352 g/mol. The summed E-state index contributed by atoms with van der Waals surface area (Å²) in [5.41, 5.74) is 0.724. The molecule has 2 amide bonds. The van der Waals surface area contributed by atoms with E-state index in [-0.39, 0.29) is 23.8 Å². The molecule has 0 spiro atoms. The van der Waals surface area contributed by atoms with Crippen molar-refractivity contribution in [3.05, 3.63) is 24.3 Å². The first-order chi connectivity index (χ1) is 13.4. The van der Waals surface area contributed by atoms with Gasteiger partial charge in [-0.25, -0.2) is 0 Å². The van der Waals surface area contributed by atoms with Crippen molar-refractivity contribution in [2.45, 2.75) is 65.4 Å². The van der Waals surface area contributed by atoms with Crippen molar-refractivity contribution in [1.82, 2.24) is 4.90 Å². The first-order valence-electron chi connectivity index (χ1n) is 10.8. The highest BCUT2D eigenvalue weighted by molar-refractivity contribution is 5.94.